The Morgan fingerprint density at radius 2 is 1.46 bits per heavy atom. The van der Waals surface area contributed by atoms with E-state index in [0.29, 0.717) is 12.2 Å². The minimum absolute atomic E-state index is 0.0249. The van der Waals surface area contributed by atoms with Crippen LogP contribution in [0, 0.1) is 12.2 Å². The van der Waals surface area contributed by atoms with E-state index in [9.17, 15) is 35.1 Å². The van der Waals surface area contributed by atoms with Crippen molar-refractivity contribution in [2.75, 3.05) is 0 Å². The van der Waals surface area contributed by atoms with E-state index in [-0.39, 0.29) is 17.6 Å². The molecule has 1 radical (unpaired) electrons. The van der Waals surface area contributed by atoms with Crippen molar-refractivity contribution in [2.24, 2.45) is 0 Å². The van der Waals surface area contributed by atoms with Crippen molar-refractivity contribution in [1.82, 2.24) is 0 Å². The molecule has 0 aliphatic heterocycles. The molecule has 0 saturated heterocycles. The van der Waals surface area contributed by atoms with Crippen LogP contribution >= 0.6 is 0 Å². The topological polar surface area (TPSA) is 0 Å². The summed E-state index contributed by atoms with van der Waals surface area (Å²) < 4.78 is 107. The van der Waals surface area contributed by atoms with Crippen LogP contribution in [0.4, 0.5) is 35.1 Å². The Labute approximate surface area is 145 Å². The number of hydrogen-bond acceptors (Lipinski definition) is 0. The van der Waals surface area contributed by atoms with Crippen molar-refractivity contribution in [2.45, 2.75) is 43.7 Å². The molecule has 0 bridgehead atoms. The number of halogens is 8. The number of benzene rings is 1. The highest BCUT2D eigenvalue weighted by atomic mass is 19.4. The number of hydrogen-bond donors (Lipinski definition) is 0. The number of rotatable bonds is 3. The summed E-state index contributed by atoms with van der Waals surface area (Å²) in [6.07, 6.45) is -10.1. The Balaban J connectivity index is 2.77. The van der Waals surface area contributed by atoms with Crippen LogP contribution in [0.1, 0.15) is 25.8 Å². The third-order valence-electron chi connectivity index (χ3n) is 4.42. The third-order valence-corrected chi connectivity index (χ3v) is 4.42. The van der Waals surface area contributed by atoms with Gasteiger partial charge in [-0.25, -0.2) is 8.78 Å². The van der Waals surface area contributed by atoms with Gasteiger partial charge in [-0.1, -0.05) is 42.8 Å². The lowest BCUT2D eigenvalue weighted by molar-refractivity contribution is -0.325. The van der Waals surface area contributed by atoms with Crippen LogP contribution in [-0.2, 0) is 5.41 Å². The summed E-state index contributed by atoms with van der Waals surface area (Å²) in [5, 5.41) is 0. The van der Waals surface area contributed by atoms with Crippen molar-refractivity contribution in [3.8, 4) is 0 Å². The molecule has 2 rings (SSSR count). The Kier molecular flexibility index (Phi) is 5.02. The fourth-order valence-corrected chi connectivity index (χ4v) is 3.13. The molecule has 1 aliphatic rings. The van der Waals surface area contributed by atoms with Gasteiger partial charge in [0.25, 0.3) is 0 Å². The maximum Gasteiger partial charge on any atom is 0.435 e. The number of allylic oxidation sites excluding steroid dienone is 4. The summed E-state index contributed by atoms with van der Waals surface area (Å²) in [4.78, 5) is 0. The maximum absolute atomic E-state index is 14.5. The van der Waals surface area contributed by atoms with E-state index < -0.39 is 34.8 Å². The molecule has 0 amide bonds. The molecule has 8 heteroatoms. The van der Waals surface area contributed by atoms with E-state index in [4.69, 9.17) is 0 Å². The van der Waals surface area contributed by atoms with E-state index in [1.165, 1.54) is 38.5 Å². The van der Waals surface area contributed by atoms with Crippen molar-refractivity contribution in [1.29, 1.82) is 0 Å². The summed E-state index contributed by atoms with van der Waals surface area (Å²) in [6, 6.07) is 5.03. The third kappa shape index (κ3) is 3.14. The van der Waals surface area contributed by atoms with E-state index in [1.54, 1.807) is 0 Å². The fourth-order valence-electron chi connectivity index (χ4n) is 3.13. The monoisotopic (exact) mass is 383 g/mol. The Morgan fingerprint density at radius 3 is 1.92 bits per heavy atom. The summed E-state index contributed by atoms with van der Waals surface area (Å²) in [7, 11) is 0. The highest BCUT2D eigenvalue weighted by Crippen LogP contribution is 2.54. The first kappa shape index (κ1) is 20.5. The molecule has 26 heavy (non-hydrogen) atoms. The standard InChI is InChI=1S/C18H15F8/c1-3-15(13-6-4-5-7-14(13)19)9-11(2)8-12(10-15)16(20,17(21,22)23)18(24,25)26/h4-10H,3H2,1-2H3. The normalized spacial score (nSPS) is 22.1. The molecule has 0 aromatic heterocycles. The van der Waals surface area contributed by atoms with Crippen LogP contribution in [0.2, 0.25) is 0 Å². The van der Waals surface area contributed by atoms with Gasteiger partial charge in [0, 0.05) is 17.4 Å². The van der Waals surface area contributed by atoms with Crippen LogP contribution in [0.3, 0.4) is 0 Å². The fraction of sp³-hybridized carbons (Fsp3) is 0.389. The van der Waals surface area contributed by atoms with E-state index in [2.05, 4.69) is 0 Å². The van der Waals surface area contributed by atoms with Gasteiger partial charge >= 0.3 is 18.0 Å². The van der Waals surface area contributed by atoms with Crippen LogP contribution < -0.4 is 0 Å². The zero-order chi connectivity index (χ0) is 20.0. The second-order valence-electron chi connectivity index (χ2n) is 6.16. The predicted octanol–water partition coefficient (Wildman–Crippen LogP) is 6.40. The first-order chi connectivity index (χ1) is 11.8. The molecular formula is C18H15F8. The lowest BCUT2D eigenvalue weighted by Crippen LogP contribution is -2.55. The van der Waals surface area contributed by atoms with Gasteiger partial charge in [0.1, 0.15) is 5.82 Å². The van der Waals surface area contributed by atoms with E-state index >= 15 is 0 Å². The minimum Gasteiger partial charge on any atom is -0.218 e. The van der Waals surface area contributed by atoms with Crippen LogP contribution in [0.15, 0.2) is 47.6 Å². The quantitative estimate of drug-likeness (QED) is 0.530. The van der Waals surface area contributed by atoms with Crippen LogP contribution in [-0.4, -0.2) is 18.0 Å². The zero-order valence-electron chi connectivity index (χ0n) is 13.8. The summed E-state index contributed by atoms with van der Waals surface area (Å²) in [5.74, 6) is -0.806. The Hall–Kier alpha value is -1.86. The van der Waals surface area contributed by atoms with Gasteiger partial charge in [0.05, 0.1) is 0 Å². The van der Waals surface area contributed by atoms with Gasteiger partial charge < -0.3 is 0 Å². The maximum atomic E-state index is 14.5. The first-order valence-corrected chi connectivity index (χ1v) is 7.63. The second-order valence-corrected chi connectivity index (χ2v) is 6.16. The van der Waals surface area contributed by atoms with Gasteiger partial charge in [0.15, 0.2) is 0 Å². The van der Waals surface area contributed by atoms with Crippen molar-refractivity contribution in [3.05, 3.63) is 65.4 Å². The van der Waals surface area contributed by atoms with Crippen molar-refractivity contribution >= 4 is 0 Å². The molecule has 0 spiro atoms. The zero-order valence-corrected chi connectivity index (χ0v) is 13.8. The molecule has 0 nitrogen and oxygen atoms in total. The van der Waals surface area contributed by atoms with Crippen molar-refractivity contribution < 1.29 is 35.1 Å². The molecular weight excluding hydrogens is 368 g/mol. The second kappa shape index (κ2) is 6.39. The molecule has 1 aromatic carbocycles. The largest absolute Gasteiger partial charge is 0.435 e. The van der Waals surface area contributed by atoms with Crippen LogP contribution in [0.25, 0.3) is 0 Å². The highest BCUT2D eigenvalue weighted by Gasteiger charge is 2.74. The predicted molar refractivity (Wildman–Crippen MR) is 80.5 cm³/mol. The molecule has 1 aliphatic carbocycles. The smallest absolute Gasteiger partial charge is 0.218 e. The Bertz CT molecular complexity index is 724. The summed E-state index contributed by atoms with van der Waals surface area (Å²) >= 11 is 0. The van der Waals surface area contributed by atoms with Gasteiger partial charge in [-0.15, -0.1) is 0 Å². The Morgan fingerprint density at radius 1 is 0.923 bits per heavy atom. The number of alkyl halides is 7. The molecule has 1 aromatic rings. The average Bonchev–Trinajstić information content (AvgIpc) is 2.51. The molecule has 0 fully saturated rings. The highest BCUT2D eigenvalue weighted by molar-refractivity contribution is 5.52. The molecule has 143 valence electrons. The molecule has 1 atom stereocenters. The van der Waals surface area contributed by atoms with Crippen LogP contribution in [0.5, 0.6) is 0 Å². The first-order valence-electron chi connectivity index (χ1n) is 7.63. The average molecular weight is 383 g/mol. The van der Waals surface area contributed by atoms with Gasteiger partial charge in [-0.3, -0.25) is 0 Å². The minimum atomic E-state index is -6.22. The lowest BCUT2D eigenvalue weighted by Gasteiger charge is -2.39. The van der Waals surface area contributed by atoms with E-state index in [1.807, 2.05) is 0 Å². The molecule has 1 unspecified atom stereocenters. The van der Waals surface area contributed by atoms with Gasteiger partial charge in [-0.2, -0.15) is 26.3 Å². The molecule has 0 heterocycles. The summed E-state index contributed by atoms with van der Waals surface area (Å²) in [6.45, 7) is 2.71. The lowest BCUT2D eigenvalue weighted by atomic mass is 9.68. The molecule has 0 N–H and O–H groups in total. The summed E-state index contributed by atoms with van der Waals surface area (Å²) in [5.41, 5.74) is -8.93. The van der Waals surface area contributed by atoms with Crippen molar-refractivity contribution in [3.63, 3.8) is 0 Å². The SMILES string of the molecule is CCC1(c2ccccc2F)[CH]C(C)=CC(C(F)(C(F)(F)F)C(F)(F)F)=C1. The van der Waals surface area contributed by atoms with E-state index in [0.717, 1.165) is 6.07 Å². The van der Waals surface area contributed by atoms with Gasteiger partial charge in [-0.05, 0) is 25.0 Å². The molecule has 0 saturated carbocycles. The van der Waals surface area contributed by atoms with Gasteiger partial charge in [0.2, 0.25) is 0 Å².